The third-order valence-corrected chi connectivity index (χ3v) is 1.63. The highest BCUT2D eigenvalue weighted by Crippen LogP contribution is 2.08. The molecule has 0 aliphatic carbocycles. The molecule has 0 spiro atoms. The number of rotatable bonds is 2. The molecule has 0 amide bonds. The lowest BCUT2D eigenvalue weighted by molar-refractivity contribution is 0.399. The average Bonchev–Trinajstić information content (AvgIpc) is 2.40. The van der Waals surface area contributed by atoms with Gasteiger partial charge >= 0.3 is 0 Å². The summed E-state index contributed by atoms with van der Waals surface area (Å²) in [5.74, 6) is 0.554. The Balaban J connectivity index is 0.000000561. The van der Waals surface area contributed by atoms with Crippen LogP contribution in [0.4, 0.5) is 5.82 Å². The molecule has 0 aliphatic heterocycles. The van der Waals surface area contributed by atoms with Gasteiger partial charge in [-0.3, -0.25) is 0 Å². The van der Waals surface area contributed by atoms with E-state index in [4.69, 9.17) is 5.73 Å². The van der Waals surface area contributed by atoms with Gasteiger partial charge in [-0.1, -0.05) is 13.8 Å². The maximum atomic E-state index is 5.50. The number of anilines is 1. The first-order valence-electron chi connectivity index (χ1n) is 3.92. The van der Waals surface area contributed by atoms with Crippen LogP contribution >= 0.6 is 11.7 Å². The first-order chi connectivity index (χ1) is 5.70. The summed E-state index contributed by atoms with van der Waals surface area (Å²) >= 11 is 1.16. The molecule has 5 heteroatoms. The number of hydrogen-bond donors (Lipinski definition) is 1. The SMILES string of the molecule is CC.CN(C)Cc1nsnc1N. The minimum absolute atomic E-state index is 0.554. The van der Waals surface area contributed by atoms with E-state index in [1.165, 1.54) is 0 Å². The molecule has 0 unspecified atom stereocenters. The Morgan fingerprint density at radius 2 is 1.92 bits per heavy atom. The van der Waals surface area contributed by atoms with Gasteiger partial charge in [0.05, 0.1) is 11.7 Å². The van der Waals surface area contributed by atoms with E-state index in [0.29, 0.717) is 5.82 Å². The molecule has 0 saturated carbocycles. The minimum Gasteiger partial charge on any atom is -0.381 e. The zero-order valence-corrected chi connectivity index (χ0v) is 8.85. The number of nitrogens with two attached hydrogens (primary N) is 1. The van der Waals surface area contributed by atoms with Crippen molar-refractivity contribution in [2.75, 3.05) is 19.8 Å². The third-order valence-electron chi connectivity index (χ3n) is 1.05. The van der Waals surface area contributed by atoms with E-state index in [1.54, 1.807) is 0 Å². The predicted octanol–water partition coefficient (Wildman–Crippen LogP) is 1.21. The van der Waals surface area contributed by atoms with Gasteiger partial charge in [-0.15, -0.1) is 0 Å². The summed E-state index contributed by atoms with van der Waals surface area (Å²) in [6.45, 7) is 4.77. The number of nitrogen functional groups attached to an aromatic ring is 1. The molecular weight excluding hydrogens is 172 g/mol. The van der Waals surface area contributed by atoms with Crippen LogP contribution in [0.3, 0.4) is 0 Å². The van der Waals surface area contributed by atoms with Crippen molar-refractivity contribution in [3.8, 4) is 0 Å². The lowest BCUT2D eigenvalue weighted by atomic mass is 10.4. The summed E-state index contributed by atoms with van der Waals surface area (Å²) in [6.07, 6.45) is 0. The zero-order chi connectivity index (χ0) is 9.56. The molecule has 1 aromatic rings. The van der Waals surface area contributed by atoms with Crippen molar-refractivity contribution in [1.29, 1.82) is 0 Å². The quantitative estimate of drug-likeness (QED) is 0.758. The Kier molecular flexibility index (Phi) is 5.57. The molecule has 0 saturated heterocycles. The standard InChI is InChI=1S/C5H10N4S.C2H6/c1-9(2)3-4-5(6)8-10-7-4;1-2/h3H2,1-2H3,(H2,6,8);1-2H3. The van der Waals surface area contributed by atoms with Crippen molar-refractivity contribution in [3.63, 3.8) is 0 Å². The van der Waals surface area contributed by atoms with E-state index in [1.807, 2.05) is 32.8 Å². The van der Waals surface area contributed by atoms with Crippen molar-refractivity contribution in [2.45, 2.75) is 20.4 Å². The van der Waals surface area contributed by atoms with Crippen molar-refractivity contribution >= 4 is 17.5 Å². The number of nitrogens with zero attached hydrogens (tertiary/aromatic N) is 3. The maximum absolute atomic E-state index is 5.50. The Morgan fingerprint density at radius 1 is 1.33 bits per heavy atom. The number of aromatic nitrogens is 2. The van der Waals surface area contributed by atoms with Gasteiger partial charge in [-0.05, 0) is 14.1 Å². The highest BCUT2D eigenvalue weighted by molar-refractivity contribution is 6.99. The summed E-state index contributed by atoms with van der Waals surface area (Å²) in [5, 5.41) is 0. The van der Waals surface area contributed by atoms with E-state index in [2.05, 4.69) is 8.75 Å². The Labute approximate surface area is 77.7 Å². The highest BCUT2D eigenvalue weighted by atomic mass is 32.1. The van der Waals surface area contributed by atoms with Crippen LogP contribution in [0.15, 0.2) is 0 Å². The molecule has 0 aromatic carbocycles. The van der Waals surface area contributed by atoms with Gasteiger partial charge in [0.1, 0.15) is 5.69 Å². The molecule has 0 fully saturated rings. The van der Waals surface area contributed by atoms with Gasteiger partial charge in [0.2, 0.25) is 0 Å². The second kappa shape index (κ2) is 5.91. The van der Waals surface area contributed by atoms with E-state index >= 15 is 0 Å². The Hall–Kier alpha value is -0.680. The van der Waals surface area contributed by atoms with Crippen LogP contribution in [0.25, 0.3) is 0 Å². The van der Waals surface area contributed by atoms with Crippen molar-refractivity contribution < 1.29 is 0 Å². The van der Waals surface area contributed by atoms with Gasteiger partial charge in [-0.25, -0.2) is 0 Å². The topological polar surface area (TPSA) is 55.0 Å². The van der Waals surface area contributed by atoms with Crippen molar-refractivity contribution in [3.05, 3.63) is 5.69 Å². The lowest BCUT2D eigenvalue weighted by Gasteiger charge is -2.05. The van der Waals surface area contributed by atoms with Crippen LogP contribution in [0.2, 0.25) is 0 Å². The van der Waals surface area contributed by atoms with Crippen LogP contribution in [0.1, 0.15) is 19.5 Å². The maximum Gasteiger partial charge on any atom is 0.162 e. The van der Waals surface area contributed by atoms with Gasteiger partial charge < -0.3 is 10.6 Å². The van der Waals surface area contributed by atoms with E-state index in [0.717, 1.165) is 24.0 Å². The van der Waals surface area contributed by atoms with Gasteiger partial charge in [-0.2, -0.15) is 8.75 Å². The van der Waals surface area contributed by atoms with Gasteiger partial charge in [0, 0.05) is 6.54 Å². The first kappa shape index (κ1) is 11.3. The molecule has 0 radical (unpaired) electrons. The molecule has 1 heterocycles. The van der Waals surface area contributed by atoms with Crippen LogP contribution in [0, 0.1) is 0 Å². The Bertz CT molecular complexity index is 209. The van der Waals surface area contributed by atoms with E-state index < -0.39 is 0 Å². The lowest BCUT2D eigenvalue weighted by Crippen LogP contribution is -2.12. The highest BCUT2D eigenvalue weighted by Gasteiger charge is 2.03. The third kappa shape index (κ3) is 3.64. The Morgan fingerprint density at radius 3 is 2.25 bits per heavy atom. The minimum atomic E-state index is 0.554. The fourth-order valence-electron chi connectivity index (χ4n) is 0.623. The predicted molar refractivity (Wildman–Crippen MR) is 53.1 cm³/mol. The monoisotopic (exact) mass is 188 g/mol. The van der Waals surface area contributed by atoms with Crippen LogP contribution in [-0.4, -0.2) is 27.7 Å². The van der Waals surface area contributed by atoms with Crippen molar-refractivity contribution in [2.24, 2.45) is 0 Å². The molecule has 2 N–H and O–H groups in total. The molecule has 0 bridgehead atoms. The molecule has 1 aromatic heterocycles. The van der Waals surface area contributed by atoms with Crippen LogP contribution < -0.4 is 5.73 Å². The van der Waals surface area contributed by atoms with Crippen LogP contribution in [0.5, 0.6) is 0 Å². The molecular formula is C7H16N4S. The molecule has 12 heavy (non-hydrogen) atoms. The fraction of sp³-hybridized carbons (Fsp3) is 0.714. The first-order valence-corrected chi connectivity index (χ1v) is 4.65. The number of hydrogen-bond acceptors (Lipinski definition) is 5. The second-order valence-corrected chi connectivity index (χ2v) is 2.86. The summed E-state index contributed by atoms with van der Waals surface area (Å²) in [4.78, 5) is 2.01. The largest absolute Gasteiger partial charge is 0.381 e. The fourth-order valence-corrected chi connectivity index (χ4v) is 1.11. The second-order valence-electron chi connectivity index (χ2n) is 2.33. The molecule has 4 nitrogen and oxygen atoms in total. The average molecular weight is 188 g/mol. The molecule has 0 atom stereocenters. The molecule has 0 aliphatic rings. The summed E-state index contributed by atoms with van der Waals surface area (Å²) < 4.78 is 7.87. The van der Waals surface area contributed by atoms with E-state index in [-0.39, 0.29) is 0 Å². The smallest absolute Gasteiger partial charge is 0.162 e. The van der Waals surface area contributed by atoms with Crippen molar-refractivity contribution in [1.82, 2.24) is 13.6 Å². The zero-order valence-electron chi connectivity index (χ0n) is 8.03. The normalized spacial score (nSPS) is 9.42. The summed E-state index contributed by atoms with van der Waals surface area (Å²) in [6, 6.07) is 0. The summed E-state index contributed by atoms with van der Waals surface area (Å²) in [5.41, 5.74) is 6.37. The molecule has 1 rings (SSSR count). The van der Waals surface area contributed by atoms with Crippen LogP contribution in [-0.2, 0) is 6.54 Å². The van der Waals surface area contributed by atoms with E-state index in [9.17, 15) is 0 Å². The molecule has 70 valence electrons. The summed E-state index contributed by atoms with van der Waals surface area (Å²) in [7, 11) is 3.94. The van der Waals surface area contributed by atoms with Gasteiger partial charge in [0.15, 0.2) is 5.82 Å². The van der Waals surface area contributed by atoms with Gasteiger partial charge in [0.25, 0.3) is 0 Å².